The number of carbonyl (C=O) groups is 1. The Morgan fingerprint density at radius 1 is 1.06 bits per heavy atom. The molecular formula is C26H27FN4O. The topological polar surface area (TPSA) is 51.9 Å². The molecule has 0 radical (unpaired) electrons. The Morgan fingerprint density at radius 2 is 1.84 bits per heavy atom. The maximum absolute atomic E-state index is 14.8. The largest absolute Gasteiger partial charge is 0.349 e. The molecule has 1 aliphatic carbocycles. The van der Waals surface area contributed by atoms with Crippen molar-refractivity contribution in [1.29, 1.82) is 0 Å². The van der Waals surface area contributed by atoms with Crippen LogP contribution in [0.5, 0.6) is 0 Å². The number of fused-ring (bicyclic) bond motifs is 1. The summed E-state index contributed by atoms with van der Waals surface area (Å²) in [5.41, 5.74) is 4.39. The minimum absolute atomic E-state index is 0.182. The Bertz CT molecular complexity index is 1250. The number of halogens is 1. The Kier molecular flexibility index (Phi) is 5.52. The third kappa shape index (κ3) is 4.05. The smallest absolute Gasteiger partial charge is 0.253 e. The highest BCUT2D eigenvalue weighted by molar-refractivity contribution is 6.07. The highest BCUT2D eigenvalue weighted by Gasteiger charge is 2.22. The molecule has 0 unspecified atom stereocenters. The molecular weight excluding hydrogens is 403 g/mol. The molecule has 1 saturated carbocycles. The van der Waals surface area contributed by atoms with Crippen molar-refractivity contribution < 1.29 is 9.18 Å². The summed E-state index contributed by atoms with van der Waals surface area (Å²) < 4.78 is 18.5. The summed E-state index contributed by atoms with van der Waals surface area (Å²) in [7, 11) is 1.90. The van der Waals surface area contributed by atoms with Gasteiger partial charge < -0.3 is 9.88 Å². The van der Waals surface area contributed by atoms with E-state index in [1.165, 1.54) is 12.5 Å². The lowest BCUT2D eigenvalue weighted by atomic mass is 9.95. The van der Waals surface area contributed by atoms with Gasteiger partial charge in [-0.3, -0.25) is 9.48 Å². The van der Waals surface area contributed by atoms with Crippen molar-refractivity contribution in [2.75, 3.05) is 0 Å². The minimum atomic E-state index is -0.359. The van der Waals surface area contributed by atoms with Crippen LogP contribution in [-0.2, 0) is 13.6 Å². The molecule has 0 aliphatic heterocycles. The highest BCUT2D eigenvalue weighted by atomic mass is 19.1. The van der Waals surface area contributed by atoms with Crippen LogP contribution in [0.15, 0.2) is 61.1 Å². The number of nitrogens with zero attached hydrogens (tertiary/aromatic N) is 3. The third-order valence-electron chi connectivity index (χ3n) is 6.39. The van der Waals surface area contributed by atoms with Gasteiger partial charge in [-0.05, 0) is 36.1 Å². The number of benzene rings is 2. The van der Waals surface area contributed by atoms with E-state index in [1.54, 1.807) is 16.9 Å². The van der Waals surface area contributed by atoms with Crippen LogP contribution >= 0.6 is 0 Å². The van der Waals surface area contributed by atoms with E-state index in [4.69, 9.17) is 0 Å². The lowest BCUT2D eigenvalue weighted by Crippen LogP contribution is -2.36. The zero-order chi connectivity index (χ0) is 22.1. The van der Waals surface area contributed by atoms with Gasteiger partial charge in [0.25, 0.3) is 5.91 Å². The molecule has 1 fully saturated rings. The summed E-state index contributed by atoms with van der Waals surface area (Å²) >= 11 is 0. The van der Waals surface area contributed by atoms with Crippen molar-refractivity contribution in [1.82, 2.24) is 19.7 Å². The highest BCUT2D eigenvalue weighted by Crippen LogP contribution is 2.27. The van der Waals surface area contributed by atoms with Gasteiger partial charge in [-0.2, -0.15) is 5.10 Å². The summed E-state index contributed by atoms with van der Waals surface area (Å²) in [6, 6.07) is 13.4. The van der Waals surface area contributed by atoms with Crippen LogP contribution in [0.25, 0.3) is 22.0 Å². The summed E-state index contributed by atoms with van der Waals surface area (Å²) in [5, 5.41) is 7.75. The molecule has 1 N–H and O–H groups in total. The molecule has 0 atom stereocenters. The molecule has 32 heavy (non-hydrogen) atoms. The van der Waals surface area contributed by atoms with Crippen LogP contribution in [-0.4, -0.2) is 26.3 Å². The number of hydrogen-bond donors (Lipinski definition) is 1. The SMILES string of the molecule is Cn1cc(-c2ccc(Cn3cc(C(=O)NC4CCCCC4)c4c(F)cccc43)cc2)cn1. The summed E-state index contributed by atoms with van der Waals surface area (Å²) in [6.07, 6.45) is 11.1. The zero-order valence-corrected chi connectivity index (χ0v) is 18.2. The molecule has 0 bridgehead atoms. The first-order valence-electron chi connectivity index (χ1n) is 11.2. The molecule has 1 aliphatic rings. The second-order valence-corrected chi connectivity index (χ2v) is 8.71. The molecule has 5 nitrogen and oxygen atoms in total. The number of hydrogen-bond acceptors (Lipinski definition) is 2. The van der Waals surface area contributed by atoms with E-state index in [1.807, 2.05) is 30.1 Å². The number of amides is 1. The molecule has 6 heteroatoms. The molecule has 4 aromatic rings. The Morgan fingerprint density at radius 3 is 2.56 bits per heavy atom. The van der Waals surface area contributed by atoms with Crippen molar-refractivity contribution in [3.63, 3.8) is 0 Å². The van der Waals surface area contributed by atoms with Gasteiger partial charge in [0, 0.05) is 43.0 Å². The quantitative estimate of drug-likeness (QED) is 0.468. The summed E-state index contributed by atoms with van der Waals surface area (Å²) in [6.45, 7) is 0.560. The molecule has 1 amide bonds. The lowest BCUT2D eigenvalue weighted by Gasteiger charge is -2.22. The molecule has 2 heterocycles. The van der Waals surface area contributed by atoms with Crippen LogP contribution < -0.4 is 5.32 Å². The molecule has 2 aromatic heterocycles. The van der Waals surface area contributed by atoms with Crippen molar-refractivity contribution in [3.05, 3.63) is 78.0 Å². The zero-order valence-electron chi connectivity index (χ0n) is 18.2. The normalized spacial score (nSPS) is 14.7. The first-order valence-corrected chi connectivity index (χ1v) is 11.2. The number of aryl methyl sites for hydroxylation is 1. The van der Waals surface area contributed by atoms with Gasteiger partial charge in [-0.15, -0.1) is 0 Å². The predicted molar refractivity (Wildman–Crippen MR) is 124 cm³/mol. The van der Waals surface area contributed by atoms with Crippen LogP contribution in [0.4, 0.5) is 4.39 Å². The number of carbonyl (C=O) groups excluding carboxylic acids is 1. The second kappa shape index (κ2) is 8.61. The van der Waals surface area contributed by atoms with Gasteiger partial charge in [0.1, 0.15) is 5.82 Å². The molecule has 0 saturated heterocycles. The standard InChI is InChI=1S/C26H27FN4O/c1-30-16-20(14-28-30)19-12-10-18(11-13-19)15-31-17-22(25-23(27)8-5-9-24(25)31)26(32)29-21-6-3-2-4-7-21/h5,8-14,16-17,21H,2-4,6-7,15H2,1H3,(H,29,32). The summed E-state index contributed by atoms with van der Waals surface area (Å²) in [4.78, 5) is 13.0. The maximum Gasteiger partial charge on any atom is 0.253 e. The maximum atomic E-state index is 14.8. The minimum Gasteiger partial charge on any atom is -0.349 e. The average Bonchev–Trinajstić information content (AvgIpc) is 3.40. The van der Waals surface area contributed by atoms with Gasteiger partial charge in [0.2, 0.25) is 0 Å². The van der Waals surface area contributed by atoms with Crippen LogP contribution in [0.3, 0.4) is 0 Å². The van der Waals surface area contributed by atoms with Crippen molar-refractivity contribution >= 4 is 16.8 Å². The molecule has 2 aromatic carbocycles. The Hall–Kier alpha value is -3.41. The van der Waals surface area contributed by atoms with E-state index in [2.05, 4.69) is 34.7 Å². The van der Waals surface area contributed by atoms with Gasteiger partial charge in [-0.25, -0.2) is 4.39 Å². The third-order valence-corrected chi connectivity index (χ3v) is 6.39. The fraction of sp³-hybridized carbons (Fsp3) is 0.308. The van der Waals surface area contributed by atoms with Gasteiger partial charge in [-0.1, -0.05) is 49.6 Å². The van der Waals surface area contributed by atoms with Crippen LogP contribution in [0.2, 0.25) is 0 Å². The predicted octanol–water partition coefficient (Wildman–Crippen LogP) is 5.29. The van der Waals surface area contributed by atoms with E-state index in [0.29, 0.717) is 17.5 Å². The van der Waals surface area contributed by atoms with Gasteiger partial charge in [0.15, 0.2) is 0 Å². The Labute approximate surface area is 186 Å². The first-order chi connectivity index (χ1) is 15.6. The van der Waals surface area contributed by atoms with Crippen LogP contribution in [0.1, 0.15) is 48.0 Å². The van der Waals surface area contributed by atoms with E-state index in [-0.39, 0.29) is 17.8 Å². The number of rotatable bonds is 5. The van der Waals surface area contributed by atoms with E-state index >= 15 is 0 Å². The van der Waals surface area contributed by atoms with Gasteiger partial charge >= 0.3 is 0 Å². The fourth-order valence-corrected chi connectivity index (χ4v) is 4.69. The van der Waals surface area contributed by atoms with Crippen molar-refractivity contribution in [2.45, 2.75) is 44.7 Å². The number of nitrogens with one attached hydrogen (secondary N) is 1. The van der Waals surface area contributed by atoms with E-state index < -0.39 is 0 Å². The number of aromatic nitrogens is 3. The van der Waals surface area contributed by atoms with Gasteiger partial charge in [0.05, 0.1) is 17.3 Å². The van der Waals surface area contributed by atoms with Crippen molar-refractivity contribution in [2.24, 2.45) is 7.05 Å². The summed E-state index contributed by atoms with van der Waals surface area (Å²) in [5.74, 6) is -0.542. The fourth-order valence-electron chi connectivity index (χ4n) is 4.69. The van der Waals surface area contributed by atoms with Crippen LogP contribution in [0, 0.1) is 5.82 Å². The van der Waals surface area contributed by atoms with Crippen molar-refractivity contribution in [3.8, 4) is 11.1 Å². The molecule has 0 spiro atoms. The molecule has 164 valence electrons. The monoisotopic (exact) mass is 430 g/mol. The van der Waals surface area contributed by atoms with E-state index in [0.717, 1.165) is 47.9 Å². The van der Waals surface area contributed by atoms with E-state index in [9.17, 15) is 9.18 Å². The first kappa shape index (κ1) is 20.5. The lowest BCUT2D eigenvalue weighted by molar-refractivity contribution is 0.0929. The Balaban J connectivity index is 1.43. The molecule has 5 rings (SSSR count). The second-order valence-electron chi connectivity index (χ2n) is 8.71. The average molecular weight is 431 g/mol.